The number of benzene rings is 1. The molecule has 3 heterocycles. The predicted molar refractivity (Wildman–Crippen MR) is 161 cm³/mol. The lowest BCUT2D eigenvalue weighted by molar-refractivity contribution is -0.168. The first-order chi connectivity index (χ1) is 20.5. The fourth-order valence-electron chi connectivity index (χ4n) is 7.68. The number of aromatic nitrogens is 3. The fourth-order valence-corrected chi connectivity index (χ4v) is 7.68. The van der Waals surface area contributed by atoms with E-state index in [9.17, 15) is 14.7 Å². The average Bonchev–Trinajstić information content (AvgIpc) is 3.53. The van der Waals surface area contributed by atoms with Gasteiger partial charge in [0.15, 0.2) is 17.2 Å². The molecule has 2 bridgehead atoms. The normalized spacial score (nSPS) is 27.2. The SMILES string of the molecule is CO[C@@H]1CC[C@H]1NC(=O)c1cnc2c(N(C)C(=O)OC(C)(C)C)cc(N3CCc4c3cccc4C34CC(CO)(C3)C4)nn12. The Balaban J connectivity index is 1.28. The smallest absolute Gasteiger partial charge is 0.414 e. The highest BCUT2D eigenvalue weighted by molar-refractivity contribution is 5.97. The quantitative estimate of drug-likeness (QED) is 0.423. The summed E-state index contributed by atoms with van der Waals surface area (Å²) in [6, 6.07) is 8.25. The summed E-state index contributed by atoms with van der Waals surface area (Å²) in [5, 5.41) is 17.8. The number of ether oxygens (including phenoxy) is 2. The van der Waals surface area contributed by atoms with E-state index in [1.54, 1.807) is 14.2 Å². The largest absolute Gasteiger partial charge is 0.443 e. The van der Waals surface area contributed by atoms with Gasteiger partial charge in [-0.1, -0.05) is 12.1 Å². The van der Waals surface area contributed by atoms with E-state index >= 15 is 0 Å². The Morgan fingerprint density at radius 3 is 2.63 bits per heavy atom. The number of anilines is 3. The molecule has 2 atom stereocenters. The predicted octanol–water partition coefficient (Wildman–Crippen LogP) is 4.12. The monoisotopic (exact) mass is 588 g/mol. The molecule has 0 spiro atoms. The topological polar surface area (TPSA) is 122 Å². The summed E-state index contributed by atoms with van der Waals surface area (Å²) in [5.74, 6) is 0.323. The van der Waals surface area contributed by atoms with Crippen molar-refractivity contribution in [1.82, 2.24) is 19.9 Å². The highest BCUT2D eigenvalue weighted by atomic mass is 16.6. The number of amides is 2. The van der Waals surface area contributed by atoms with E-state index in [-0.39, 0.29) is 41.2 Å². The molecule has 4 aliphatic carbocycles. The average molecular weight is 589 g/mol. The van der Waals surface area contributed by atoms with Gasteiger partial charge in [0.1, 0.15) is 5.60 Å². The van der Waals surface area contributed by atoms with E-state index in [1.165, 1.54) is 26.7 Å². The number of aliphatic hydroxyl groups is 1. The van der Waals surface area contributed by atoms with Crippen LogP contribution in [0.25, 0.3) is 5.65 Å². The van der Waals surface area contributed by atoms with Crippen LogP contribution in [0.15, 0.2) is 30.5 Å². The number of nitrogens with one attached hydrogen (secondary N) is 1. The number of carbonyl (C=O) groups is 2. The Morgan fingerprint density at radius 1 is 1.21 bits per heavy atom. The maximum Gasteiger partial charge on any atom is 0.414 e. The molecule has 11 nitrogen and oxygen atoms in total. The van der Waals surface area contributed by atoms with Gasteiger partial charge in [0, 0.05) is 39.1 Å². The molecule has 5 aliphatic rings. The number of methoxy groups -OCH3 is 1. The summed E-state index contributed by atoms with van der Waals surface area (Å²) in [4.78, 5) is 34.8. The number of fused-ring (bicyclic) bond motifs is 2. The second-order valence-electron chi connectivity index (χ2n) is 13.9. The van der Waals surface area contributed by atoms with Crippen LogP contribution in [-0.4, -0.2) is 76.8 Å². The van der Waals surface area contributed by atoms with E-state index < -0.39 is 11.7 Å². The summed E-state index contributed by atoms with van der Waals surface area (Å²) in [6.45, 7) is 6.46. The highest BCUT2D eigenvalue weighted by Gasteiger charge is 2.68. The van der Waals surface area contributed by atoms with Crippen molar-refractivity contribution in [2.45, 2.75) is 82.5 Å². The number of hydrogen-bond donors (Lipinski definition) is 2. The van der Waals surface area contributed by atoms with Crippen molar-refractivity contribution in [2.75, 3.05) is 37.1 Å². The van der Waals surface area contributed by atoms with E-state index in [2.05, 4.69) is 33.4 Å². The fraction of sp³-hybridized carbons (Fsp3) is 0.562. The van der Waals surface area contributed by atoms with Crippen LogP contribution >= 0.6 is 0 Å². The maximum atomic E-state index is 13.5. The number of carbonyl (C=O) groups excluding carboxylic acids is 2. The molecule has 3 aromatic rings. The van der Waals surface area contributed by atoms with Crippen LogP contribution < -0.4 is 15.1 Å². The van der Waals surface area contributed by atoms with Gasteiger partial charge in [-0.05, 0) is 87.3 Å². The molecule has 1 aliphatic heterocycles. The van der Waals surface area contributed by atoms with Crippen LogP contribution in [0, 0.1) is 5.41 Å². The zero-order valence-electron chi connectivity index (χ0n) is 25.5. The summed E-state index contributed by atoms with van der Waals surface area (Å²) >= 11 is 0. The zero-order valence-corrected chi connectivity index (χ0v) is 25.5. The third kappa shape index (κ3) is 4.38. The van der Waals surface area contributed by atoms with Crippen molar-refractivity contribution < 1.29 is 24.2 Å². The van der Waals surface area contributed by atoms with Crippen molar-refractivity contribution in [3.63, 3.8) is 0 Å². The van der Waals surface area contributed by atoms with Crippen LogP contribution in [0.1, 0.15) is 74.5 Å². The van der Waals surface area contributed by atoms with Crippen molar-refractivity contribution >= 4 is 34.8 Å². The molecule has 2 aromatic heterocycles. The summed E-state index contributed by atoms with van der Waals surface area (Å²) in [7, 11) is 3.30. The minimum Gasteiger partial charge on any atom is -0.443 e. The molecule has 8 rings (SSSR count). The first-order valence-corrected chi connectivity index (χ1v) is 15.2. The minimum absolute atomic E-state index is 0.0100. The Kier molecular flexibility index (Phi) is 6.31. The number of imidazole rings is 1. The molecule has 2 amide bonds. The van der Waals surface area contributed by atoms with E-state index in [1.807, 2.05) is 26.8 Å². The Labute approximate surface area is 251 Å². The van der Waals surface area contributed by atoms with Gasteiger partial charge < -0.3 is 24.8 Å². The van der Waals surface area contributed by atoms with Crippen molar-refractivity contribution in [2.24, 2.45) is 5.41 Å². The van der Waals surface area contributed by atoms with E-state index in [4.69, 9.17) is 14.6 Å². The molecular formula is C32H40N6O5. The standard InChI is InChI=1S/C32H40N6O5/c1-30(2,3)43-29(41)36(4)23-13-26(35-38-24(14-33-27(23)38)28(40)34-21-9-10-25(21)42-5)37-12-11-19-20(7-6-8-22(19)37)32-15-31(16-32,17-32)18-39/h6-8,13-14,21,25,39H,9-12,15-18H2,1-5H3,(H,34,40)/t21-,25-,31?,32?/m1/s1. The molecule has 43 heavy (non-hydrogen) atoms. The van der Waals surface area contributed by atoms with Gasteiger partial charge >= 0.3 is 6.09 Å². The lowest BCUT2D eigenvalue weighted by Gasteiger charge is -2.71. The molecule has 228 valence electrons. The molecule has 1 aromatic carbocycles. The van der Waals surface area contributed by atoms with Crippen LogP contribution in [0.3, 0.4) is 0 Å². The summed E-state index contributed by atoms with van der Waals surface area (Å²) < 4.78 is 12.7. The second kappa shape index (κ2) is 9.65. The van der Waals surface area contributed by atoms with Gasteiger partial charge in [0.25, 0.3) is 5.91 Å². The molecule has 11 heteroatoms. The lowest BCUT2D eigenvalue weighted by Crippen LogP contribution is -2.66. The molecule has 0 radical (unpaired) electrons. The maximum absolute atomic E-state index is 13.5. The third-order valence-corrected chi connectivity index (χ3v) is 9.88. The first kappa shape index (κ1) is 28.1. The van der Waals surface area contributed by atoms with Crippen LogP contribution in [0.4, 0.5) is 22.0 Å². The third-order valence-electron chi connectivity index (χ3n) is 9.88. The Bertz CT molecular complexity index is 1600. The molecule has 4 saturated carbocycles. The molecule has 0 saturated heterocycles. The second-order valence-corrected chi connectivity index (χ2v) is 13.9. The van der Waals surface area contributed by atoms with Crippen LogP contribution in [0.5, 0.6) is 0 Å². The number of hydrogen-bond acceptors (Lipinski definition) is 8. The Morgan fingerprint density at radius 2 is 1.98 bits per heavy atom. The molecular weight excluding hydrogens is 548 g/mol. The van der Waals surface area contributed by atoms with Gasteiger partial charge in [-0.15, -0.1) is 5.10 Å². The number of nitrogens with zero attached hydrogens (tertiary/aromatic N) is 5. The van der Waals surface area contributed by atoms with Gasteiger partial charge in [0.05, 0.1) is 24.0 Å². The van der Waals surface area contributed by atoms with Crippen molar-refractivity contribution in [1.29, 1.82) is 0 Å². The van der Waals surface area contributed by atoms with Crippen LogP contribution in [-0.2, 0) is 21.3 Å². The highest BCUT2D eigenvalue weighted by Crippen LogP contribution is 2.74. The summed E-state index contributed by atoms with van der Waals surface area (Å²) in [5.41, 5.74) is 4.55. The molecule has 0 unspecified atom stereocenters. The van der Waals surface area contributed by atoms with Gasteiger partial charge in [0.2, 0.25) is 0 Å². The van der Waals surface area contributed by atoms with Gasteiger partial charge in [-0.3, -0.25) is 9.69 Å². The van der Waals surface area contributed by atoms with Gasteiger partial charge in [-0.2, -0.15) is 0 Å². The lowest BCUT2D eigenvalue weighted by atomic mass is 9.33. The van der Waals surface area contributed by atoms with Crippen molar-refractivity contribution in [3.8, 4) is 0 Å². The van der Waals surface area contributed by atoms with E-state index in [0.717, 1.165) is 50.8 Å². The number of rotatable bonds is 7. The van der Waals surface area contributed by atoms with Crippen molar-refractivity contribution in [3.05, 3.63) is 47.3 Å². The van der Waals surface area contributed by atoms with Gasteiger partial charge in [-0.25, -0.2) is 14.3 Å². The zero-order chi connectivity index (χ0) is 30.3. The summed E-state index contributed by atoms with van der Waals surface area (Å²) in [6.07, 6.45) is 6.72. The minimum atomic E-state index is -0.682. The first-order valence-electron chi connectivity index (χ1n) is 15.2. The molecule has 4 fully saturated rings. The number of aliphatic hydroxyl groups excluding tert-OH is 1. The molecule has 2 N–H and O–H groups in total. The van der Waals surface area contributed by atoms with Crippen LogP contribution in [0.2, 0.25) is 0 Å². The van der Waals surface area contributed by atoms with E-state index in [0.29, 0.717) is 17.2 Å². The Hall–Kier alpha value is -3.70.